The van der Waals surface area contributed by atoms with Gasteiger partial charge in [-0.15, -0.1) is 11.3 Å². The van der Waals surface area contributed by atoms with Crippen LogP contribution in [0.5, 0.6) is 0 Å². The number of carbonyl (C=O) groups excluding carboxylic acids is 1. The van der Waals surface area contributed by atoms with Crippen LogP contribution in [-0.4, -0.2) is 43.7 Å². The molecule has 5 rings (SSSR count). The third-order valence-electron chi connectivity index (χ3n) is 5.61. The van der Waals surface area contributed by atoms with Crippen LogP contribution in [0.25, 0.3) is 16.6 Å². The smallest absolute Gasteiger partial charge is 0.223 e. The van der Waals surface area contributed by atoms with Crippen LogP contribution >= 0.6 is 11.3 Å². The van der Waals surface area contributed by atoms with Crippen molar-refractivity contribution in [2.75, 3.05) is 18.0 Å². The zero-order chi connectivity index (χ0) is 21.9. The van der Waals surface area contributed by atoms with Gasteiger partial charge < -0.3 is 14.6 Å². The minimum atomic E-state index is -0.00329. The Bertz CT molecular complexity index is 1180. The minimum Gasteiger partial charge on any atom is -0.462 e. The summed E-state index contributed by atoms with van der Waals surface area (Å²) in [5, 5.41) is 8.15. The number of nitrogens with one attached hydrogen (secondary N) is 1. The van der Waals surface area contributed by atoms with Gasteiger partial charge in [-0.25, -0.2) is 19.6 Å². The van der Waals surface area contributed by atoms with E-state index in [2.05, 4.69) is 30.3 Å². The molecule has 0 saturated carbocycles. The average Bonchev–Trinajstić information content (AvgIpc) is 3.60. The van der Waals surface area contributed by atoms with Crippen LogP contribution in [0.4, 0.5) is 5.82 Å². The number of aryl methyl sites for hydroxylation is 1. The molecule has 164 valence electrons. The van der Waals surface area contributed by atoms with E-state index in [9.17, 15) is 4.79 Å². The zero-order valence-corrected chi connectivity index (χ0v) is 18.5. The topological polar surface area (TPSA) is 102 Å². The summed E-state index contributed by atoms with van der Waals surface area (Å²) in [6.07, 6.45) is 8.33. The SMILES string of the molecule is Cc1nc(-c2ccco2)sc1CNC(=O)C1CCN(c2cc(-n3cccn3)ncn2)CC1. The lowest BCUT2D eigenvalue weighted by Gasteiger charge is -2.32. The molecule has 0 aliphatic carbocycles. The van der Waals surface area contributed by atoms with Crippen molar-refractivity contribution in [3.63, 3.8) is 0 Å². The van der Waals surface area contributed by atoms with Crippen LogP contribution in [0, 0.1) is 12.8 Å². The van der Waals surface area contributed by atoms with Gasteiger partial charge in [0.15, 0.2) is 16.6 Å². The van der Waals surface area contributed by atoms with Gasteiger partial charge in [-0.2, -0.15) is 5.10 Å². The fraction of sp³-hybridized carbons (Fsp3) is 0.318. The molecule has 0 atom stereocenters. The first-order valence-corrected chi connectivity index (χ1v) is 11.3. The molecular formula is C22H23N7O2S. The Morgan fingerprint density at radius 2 is 2.09 bits per heavy atom. The summed E-state index contributed by atoms with van der Waals surface area (Å²) in [6.45, 7) is 4.00. The lowest BCUT2D eigenvalue weighted by atomic mass is 9.96. The van der Waals surface area contributed by atoms with Crippen LogP contribution in [0.2, 0.25) is 0 Å². The molecule has 1 aliphatic rings. The minimum absolute atomic E-state index is 0.00329. The number of hydrogen-bond acceptors (Lipinski definition) is 8. The highest BCUT2D eigenvalue weighted by Gasteiger charge is 2.26. The van der Waals surface area contributed by atoms with E-state index in [1.54, 1.807) is 34.8 Å². The van der Waals surface area contributed by atoms with Crippen LogP contribution in [0.15, 0.2) is 53.7 Å². The lowest BCUT2D eigenvalue weighted by Crippen LogP contribution is -2.40. The predicted octanol–water partition coefficient (Wildman–Crippen LogP) is 3.22. The first-order valence-electron chi connectivity index (χ1n) is 10.5. The Morgan fingerprint density at radius 3 is 2.84 bits per heavy atom. The van der Waals surface area contributed by atoms with Crippen molar-refractivity contribution in [3.05, 3.63) is 59.8 Å². The number of hydrogen-bond donors (Lipinski definition) is 1. The largest absolute Gasteiger partial charge is 0.462 e. The molecular weight excluding hydrogens is 426 g/mol. The van der Waals surface area contributed by atoms with E-state index >= 15 is 0 Å². The third kappa shape index (κ3) is 4.26. The second-order valence-electron chi connectivity index (χ2n) is 7.67. The molecule has 1 aliphatic heterocycles. The van der Waals surface area contributed by atoms with Crippen molar-refractivity contribution in [1.82, 2.24) is 30.0 Å². The lowest BCUT2D eigenvalue weighted by molar-refractivity contribution is -0.125. The van der Waals surface area contributed by atoms with Crippen molar-refractivity contribution in [2.45, 2.75) is 26.3 Å². The average molecular weight is 450 g/mol. The number of aromatic nitrogens is 5. The van der Waals surface area contributed by atoms with E-state index < -0.39 is 0 Å². The summed E-state index contributed by atoms with van der Waals surface area (Å²) in [5.41, 5.74) is 0.924. The number of furan rings is 1. The molecule has 0 unspecified atom stereocenters. The maximum atomic E-state index is 12.8. The number of nitrogens with zero attached hydrogens (tertiary/aromatic N) is 6. The van der Waals surface area contributed by atoms with E-state index in [0.29, 0.717) is 6.54 Å². The molecule has 9 nitrogen and oxygen atoms in total. The maximum Gasteiger partial charge on any atom is 0.223 e. The van der Waals surface area contributed by atoms with E-state index in [1.165, 1.54) is 0 Å². The second-order valence-corrected chi connectivity index (χ2v) is 8.75. The Balaban J connectivity index is 1.16. The van der Waals surface area contributed by atoms with E-state index in [-0.39, 0.29) is 11.8 Å². The molecule has 1 fully saturated rings. The number of piperidine rings is 1. The first kappa shape index (κ1) is 20.4. The van der Waals surface area contributed by atoms with Crippen LogP contribution in [0.1, 0.15) is 23.4 Å². The number of rotatable bonds is 6. The van der Waals surface area contributed by atoms with Gasteiger partial charge in [-0.05, 0) is 38.0 Å². The number of amides is 1. The predicted molar refractivity (Wildman–Crippen MR) is 120 cm³/mol. The highest BCUT2D eigenvalue weighted by atomic mass is 32.1. The summed E-state index contributed by atoms with van der Waals surface area (Å²) >= 11 is 1.55. The number of carbonyl (C=O) groups is 1. The Hall–Kier alpha value is -3.53. The summed E-state index contributed by atoms with van der Waals surface area (Å²) in [6, 6.07) is 7.53. The molecule has 1 saturated heterocycles. The molecule has 0 aromatic carbocycles. The van der Waals surface area contributed by atoms with E-state index in [4.69, 9.17) is 4.42 Å². The summed E-state index contributed by atoms with van der Waals surface area (Å²) < 4.78 is 7.14. The van der Waals surface area contributed by atoms with Crippen LogP contribution in [0.3, 0.4) is 0 Å². The maximum absolute atomic E-state index is 12.8. The monoisotopic (exact) mass is 449 g/mol. The number of thiazole rings is 1. The van der Waals surface area contributed by atoms with Crippen LogP contribution < -0.4 is 10.2 Å². The van der Waals surface area contributed by atoms with Gasteiger partial charge in [0.2, 0.25) is 5.91 Å². The zero-order valence-electron chi connectivity index (χ0n) is 17.6. The summed E-state index contributed by atoms with van der Waals surface area (Å²) in [7, 11) is 0. The molecule has 0 spiro atoms. The van der Waals surface area contributed by atoms with Gasteiger partial charge in [0.05, 0.1) is 18.5 Å². The van der Waals surface area contributed by atoms with Gasteiger partial charge in [-0.1, -0.05) is 0 Å². The van der Waals surface area contributed by atoms with E-state index in [1.807, 2.05) is 37.4 Å². The molecule has 4 aromatic heterocycles. The van der Waals surface area contributed by atoms with Crippen molar-refractivity contribution in [1.29, 1.82) is 0 Å². The summed E-state index contributed by atoms with van der Waals surface area (Å²) in [5.74, 6) is 2.43. The fourth-order valence-electron chi connectivity index (χ4n) is 3.82. The standard InChI is InChI=1S/C22H23N7O2S/c1-15-18(32-22(27-15)17-4-2-11-31-17)13-23-21(30)16-5-9-28(10-6-16)19-12-20(25-14-24-19)29-8-3-7-26-29/h2-4,7-8,11-12,14,16H,5-6,9-10,13H2,1H3,(H,23,30). The normalized spacial score (nSPS) is 14.6. The van der Waals surface area contributed by atoms with Gasteiger partial charge in [-0.3, -0.25) is 4.79 Å². The molecule has 1 amide bonds. The Labute approximate surface area is 189 Å². The Kier molecular flexibility index (Phi) is 5.68. The molecule has 0 radical (unpaired) electrons. The highest BCUT2D eigenvalue weighted by Crippen LogP contribution is 2.28. The molecule has 5 heterocycles. The summed E-state index contributed by atoms with van der Waals surface area (Å²) in [4.78, 5) is 29.3. The molecule has 0 bridgehead atoms. The van der Waals surface area contributed by atoms with Crippen molar-refractivity contribution < 1.29 is 9.21 Å². The molecule has 4 aromatic rings. The quantitative estimate of drug-likeness (QED) is 0.482. The van der Waals surface area contributed by atoms with Crippen molar-refractivity contribution >= 4 is 23.1 Å². The van der Waals surface area contributed by atoms with Crippen molar-refractivity contribution in [2.24, 2.45) is 5.92 Å². The molecule has 1 N–H and O–H groups in total. The molecule has 10 heteroatoms. The molecule has 32 heavy (non-hydrogen) atoms. The van der Waals surface area contributed by atoms with Crippen LogP contribution in [-0.2, 0) is 11.3 Å². The third-order valence-corrected chi connectivity index (χ3v) is 6.79. The van der Waals surface area contributed by atoms with Crippen molar-refractivity contribution in [3.8, 4) is 16.6 Å². The Morgan fingerprint density at radius 1 is 1.25 bits per heavy atom. The van der Waals surface area contributed by atoms with Gasteiger partial charge in [0.25, 0.3) is 0 Å². The fourth-order valence-corrected chi connectivity index (χ4v) is 4.79. The van der Waals surface area contributed by atoms with Gasteiger partial charge >= 0.3 is 0 Å². The van der Waals surface area contributed by atoms with Gasteiger partial charge in [0, 0.05) is 42.3 Å². The first-order chi connectivity index (χ1) is 15.7. The highest BCUT2D eigenvalue weighted by molar-refractivity contribution is 7.15. The second kappa shape index (κ2) is 8.91. The van der Waals surface area contributed by atoms with Gasteiger partial charge in [0.1, 0.15) is 12.1 Å². The number of anilines is 1. The van der Waals surface area contributed by atoms with E-state index in [0.717, 1.165) is 58.9 Å².